The number of nitrogen functional groups attached to an aromatic ring is 1. The minimum absolute atomic E-state index is 0.224. The van der Waals surface area contributed by atoms with E-state index in [1.54, 1.807) is 24.5 Å². The van der Waals surface area contributed by atoms with Crippen molar-refractivity contribution in [3.63, 3.8) is 0 Å². The first-order valence-electron chi connectivity index (χ1n) is 5.48. The molecular formula is C12H12N4O2S. The lowest BCUT2D eigenvalue weighted by Crippen LogP contribution is -2.29. The number of thiophene rings is 1. The van der Waals surface area contributed by atoms with Crippen LogP contribution in [0, 0.1) is 0 Å². The molecular weight excluding hydrogens is 264 g/mol. The maximum atomic E-state index is 11.9. The first kappa shape index (κ1) is 13.2. The van der Waals surface area contributed by atoms with E-state index >= 15 is 0 Å². The van der Waals surface area contributed by atoms with Crippen molar-refractivity contribution in [3.8, 4) is 0 Å². The van der Waals surface area contributed by atoms with Crippen LogP contribution in [0.25, 0.3) is 0 Å². The van der Waals surface area contributed by atoms with E-state index in [1.807, 2.05) is 17.6 Å². The number of amides is 2. The van der Waals surface area contributed by atoms with Gasteiger partial charge in [-0.3, -0.25) is 20.0 Å². The molecule has 7 heteroatoms. The molecule has 4 N–H and O–H groups in total. The van der Waals surface area contributed by atoms with Crippen molar-refractivity contribution in [1.82, 2.24) is 15.7 Å². The molecule has 0 bridgehead atoms. The van der Waals surface area contributed by atoms with Gasteiger partial charge in [0, 0.05) is 18.9 Å². The average Bonchev–Trinajstić information content (AvgIpc) is 2.95. The van der Waals surface area contributed by atoms with Gasteiger partial charge in [-0.25, -0.2) is 5.84 Å². The standard InChI is InChI=1S/C12H12N4O2S/c13-16-12(18)10-2-1-9(19-10)11(17)15-7-8-3-5-14-6-4-8/h1-6H,7,13H2,(H,15,17)(H,16,18). The Morgan fingerprint density at radius 3 is 2.37 bits per heavy atom. The summed E-state index contributed by atoms with van der Waals surface area (Å²) >= 11 is 1.09. The second-order valence-corrected chi connectivity index (χ2v) is 4.76. The highest BCUT2D eigenvalue weighted by Gasteiger charge is 2.12. The van der Waals surface area contributed by atoms with Crippen molar-refractivity contribution in [1.29, 1.82) is 0 Å². The van der Waals surface area contributed by atoms with E-state index in [4.69, 9.17) is 5.84 Å². The Morgan fingerprint density at radius 2 is 1.74 bits per heavy atom. The highest BCUT2D eigenvalue weighted by molar-refractivity contribution is 7.15. The van der Waals surface area contributed by atoms with E-state index in [0.29, 0.717) is 16.3 Å². The lowest BCUT2D eigenvalue weighted by molar-refractivity contribution is 0.0949. The molecule has 2 rings (SSSR count). The molecule has 2 amide bonds. The molecule has 0 radical (unpaired) electrons. The number of hydrogen-bond acceptors (Lipinski definition) is 5. The van der Waals surface area contributed by atoms with Gasteiger partial charge >= 0.3 is 0 Å². The number of nitrogens with two attached hydrogens (primary N) is 1. The highest BCUT2D eigenvalue weighted by Crippen LogP contribution is 2.16. The molecule has 0 aromatic carbocycles. The van der Waals surface area contributed by atoms with Crippen LogP contribution in [-0.2, 0) is 6.54 Å². The predicted octanol–water partition coefficient (Wildman–Crippen LogP) is 0.677. The van der Waals surface area contributed by atoms with Gasteiger partial charge in [-0.15, -0.1) is 11.3 Å². The van der Waals surface area contributed by atoms with Crippen molar-refractivity contribution in [2.45, 2.75) is 6.54 Å². The van der Waals surface area contributed by atoms with Crippen LogP contribution < -0.4 is 16.6 Å². The van der Waals surface area contributed by atoms with Gasteiger partial charge in [0.1, 0.15) is 0 Å². The molecule has 0 fully saturated rings. The van der Waals surface area contributed by atoms with E-state index in [2.05, 4.69) is 10.3 Å². The fraction of sp³-hybridized carbons (Fsp3) is 0.0833. The first-order chi connectivity index (χ1) is 9.20. The van der Waals surface area contributed by atoms with Crippen molar-refractivity contribution >= 4 is 23.2 Å². The lowest BCUT2D eigenvalue weighted by atomic mass is 10.2. The second-order valence-electron chi connectivity index (χ2n) is 3.68. The van der Waals surface area contributed by atoms with Crippen LogP contribution in [0.4, 0.5) is 0 Å². The summed E-state index contributed by atoms with van der Waals surface area (Å²) < 4.78 is 0. The topological polar surface area (TPSA) is 97.1 Å². The molecule has 0 saturated heterocycles. The van der Waals surface area contributed by atoms with Gasteiger partial charge < -0.3 is 5.32 Å². The van der Waals surface area contributed by atoms with Crippen LogP contribution in [-0.4, -0.2) is 16.8 Å². The predicted molar refractivity (Wildman–Crippen MR) is 71.4 cm³/mol. The van der Waals surface area contributed by atoms with Gasteiger partial charge in [-0.05, 0) is 29.8 Å². The van der Waals surface area contributed by atoms with Crippen molar-refractivity contribution < 1.29 is 9.59 Å². The van der Waals surface area contributed by atoms with E-state index in [1.165, 1.54) is 0 Å². The number of nitrogens with zero attached hydrogens (tertiary/aromatic N) is 1. The number of rotatable bonds is 4. The molecule has 98 valence electrons. The van der Waals surface area contributed by atoms with Crippen molar-refractivity contribution in [2.24, 2.45) is 5.84 Å². The summed E-state index contributed by atoms with van der Waals surface area (Å²) in [5, 5.41) is 2.77. The van der Waals surface area contributed by atoms with Crippen molar-refractivity contribution in [2.75, 3.05) is 0 Å². The second kappa shape index (κ2) is 6.07. The van der Waals surface area contributed by atoms with Gasteiger partial charge in [0.15, 0.2) is 0 Å². The molecule has 0 aliphatic carbocycles. The van der Waals surface area contributed by atoms with Crippen LogP contribution in [0.1, 0.15) is 24.9 Å². The van der Waals surface area contributed by atoms with Gasteiger partial charge in [0.05, 0.1) is 9.75 Å². The zero-order valence-corrected chi connectivity index (χ0v) is 10.7. The number of hydrazine groups is 1. The third kappa shape index (κ3) is 3.36. The summed E-state index contributed by atoms with van der Waals surface area (Å²) in [6, 6.07) is 6.80. The number of nitrogens with one attached hydrogen (secondary N) is 2. The number of aromatic nitrogens is 1. The molecule has 0 aliphatic rings. The third-order valence-corrected chi connectivity index (χ3v) is 3.47. The summed E-state index contributed by atoms with van der Waals surface area (Å²) in [5.74, 6) is 4.40. The summed E-state index contributed by atoms with van der Waals surface area (Å²) in [4.78, 5) is 27.9. The highest BCUT2D eigenvalue weighted by atomic mass is 32.1. The minimum atomic E-state index is -0.404. The van der Waals surface area contributed by atoms with E-state index < -0.39 is 5.91 Å². The Bertz CT molecular complexity index is 582. The zero-order chi connectivity index (χ0) is 13.7. The largest absolute Gasteiger partial charge is 0.347 e. The van der Waals surface area contributed by atoms with Gasteiger partial charge in [0.2, 0.25) is 0 Å². The number of pyridine rings is 1. The Labute approximate surface area is 113 Å². The van der Waals surface area contributed by atoms with E-state index in [9.17, 15) is 9.59 Å². The molecule has 0 atom stereocenters. The molecule has 2 aromatic rings. The molecule has 0 unspecified atom stereocenters. The number of carbonyl (C=O) groups is 2. The van der Waals surface area contributed by atoms with Crippen LogP contribution >= 0.6 is 11.3 Å². The average molecular weight is 276 g/mol. The van der Waals surface area contributed by atoms with Gasteiger partial charge in [-0.1, -0.05) is 0 Å². The minimum Gasteiger partial charge on any atom is -0.347 e. The maximum absolute atomic E-state index is 11.9. The summed E-state index contributed by atoms with van der Waals surface area (Å²) in [6.45, 7) is 0.414. The molecule has 2 aromatic heterocycles. The number of carbonyl (C=O) groups excluding carboxylic acids is 2. The van der Waals surface area contributed by atoms with Crippen molar-refractivity contribution in [3.05, 3.63) is 52.0 Å². The van der Waals surface area contributed by atoms with E-state index in [-0.39, 0.29) is 5.91 Å². The quantitative estimate of drug-likeness (QED) is 0.434. The first-order valence-corrected chi connectivity index (χ1v) is 6.30. The summed E-state index contributed by atoms with van der Waals surface area (Å²) in [7, 11) is 0. The molecule has 19 heavy (non-hydrogen) atoms. The monoisotopic (exact) mass is 276 g/mol. The van der Waals surface area contributed by atoms with Crippen LogP contribution in [0.2, 0.25) is 0 Å². The lowest BCUT2D eigenvalue weighted by Gasteiger charge is -2.02. The number of hydrogen-bond donors (Lipinski definition) is 3. The summed E-state index contributed by atoms with van der Waals surface area (Å²) in [6.07, 6.45) is 3.33. The molecule has 0 aliphatic heterocycles. The zero-order valence-electron chi connectivity index (χ0n) is 9.92. The van der Waals surface area contributed by atoms with E-state index in [0.717, 1.165) is 16.9 Å². The maximum Gasteiger partial charge on any atom is 0.275 e. The summed E-state index contributed by atoms with van der Waals surface area (Å²) in [5.41, 5.74) is 2.98. The van der Waals surface area contributed by atoms with Crippen LogP contribution in [0.5, 0.6) is 0 Å². The molecule has 0 spiro atoms. The Balaban J connectivity index is 1.97. The molecule has 2 heterocycles. The molecule has 0 saturated carbocycles. The van der Waals surface area contributed by atoms with Gasteiger partial charge in [0.25, 0.3) is 11.8 Å². The fourth-order valence-electron chi connectivity index (χ4n) is 1.42. The van der Waals surface area contributed by atoms with Gasteiger partial charge in [-0.2, -0.15) is 0 Å². The van der Waals surface area contributed by atoms with Crippen LogP contribution in [0.15, 0.2) is 36.7 Å². The third-order valence-electron chi connectivity index (χ3n) is 2.39. The molecule has 6 nitrogen and oxygen atoms in total. The normalized spacial score (nSPS) is 9.95. The smallest absolute Gasteiger partial charge is 0.275 e. The Hall–Kier alpha value is -2.25. The fourth-order valence-corrected chi connectivity index (χ4v) is 2.25. The van der Waals surface area contributed by atoms with Crippen LogP contribution in [0.3, 0.4) is 0 Å². The Morgan fingerprint density at radius 1 is 1.11 bits per heavy atom. The SMILES string of the molecule is NNC(=O)c1ccc(C(=O)NCc2ccncc2)s1. The Kier molecular flexibility index (Phi) is 4.22.